The first-order valence-electron chi connectivity index (χ1n) is 7.14. The van der Waals surface area contributed by atoms with E-state index >= 15 is 0 Å². The monoisotopic (exact) mass is 306 g/mol. The molecule has 0 aliphatic carbocycles. The molecule has 2 rings (SSSR count). The number of rotatable bonds is 5. The van der Waals surface area contributed by atoms with Gasteiger partial charge in [-0.3, -0.25) is 4.98 Å². The van der Waals surface area contributed by atoms with Gasteiger partial charge in [-0.1, -0.05) is 18.5 Å². The SMILES string of the molecule is CCCNC(c1cc(C)nc(C)c1)c1cc(F)ccc1Cl. The van der Waals surface area contributed by atoms with Gasteiger partial charge in [-0.05, 0) is 68.3 Å². The van der Waals surface area contributed by atoms with E-state index in [1.807, 2.05) is 26.0 Å². The van der Waals surface area contributed by atoms with E-state index in [2.05, 4.69) is 17.2 Å². The van der Waals surface area contributed by atoms with Gasteiger partial charge >= 0.3 is 0 Å². The van der Waals surface area contributed by atoms with Crippen LogP contribution in [0.4, 0.5) is 4.39 Å². The summed E-state index contributed by atoms with van der Waals surface area (Å²) in [6.45, 7) is 6.85. The van der Waals surface area contributed by atoms with Crippen LogP contribution in [0, 0.1) is 19.7 Å². The molecule has 1 atom stereocenters. The van der Waals surface area contributed by atoms with Crippen LogP contribution >= 0.6 is 11.6 Å². The van der Waals surface area contributed by atoms with Crippen LogP contribution in [0.3, 0.4) is 0 Å². The van der Waals surface area contributed by atoms with Crippen molar-refractivity contribution in [1.29, 1.82) is 0 Å². The van der Waals surface area contributed by atoms with Crippen molar-refractivity contribution in [2.24, 2.45) is 0 Å². The van der Waals surface area contributed by atoms with Crippen LogP contribution in [-0.4, -0.2) is 11.5 Å². The number of halogens is 2. The normalized spacial score (nSPS) is 12.4. The average molecular weight is 307 g/mol. The van der Waals surface area contributed by atoms with Crippen molar-refractivity contribution in [3.63, 3.8) is 0 Å². The highest BCUT2D eigenvalue weighted by Crippen LogP contribution is 2.29. The Labute approximate surface area is 130 Å². The van der Waals surface area contributed by atoms with E-state index in [0.29, 0.717) is 5.02 Å². The first-order chi connectivity index (χ1) is 10.0. The van der Waals surface area contributed by atoms with Gasteiger partial charge < -0.3 is 5.32 Å². The second-order valence-corrected chi connectivity index (χ2v) is 5.64. The third-order valence-corrected chi connectivity index (χ3v) is 3.65. The molecule has 0 radical (unpaired) electrons. The molecule has 0 spiro atoms. The molecule has 21 heavy (non-hydrogen) atoms. The van der Waals surface area contributed by atoms with Crippen LogP contribution < -0.4 is 5.32 Å². The van der Waals surface area contributed by atoms with E-state index in [-0.39, 0.29) is 11.9 Å². The number of pyridine rings is 1. The van der Waals surface area contributed by atoms with Crippen LogP contribution in [0.25, 0.3) is 0 Å². The molecule has 0 aliphatic rings. The predicted octanol–water partition coefficient (Wildman–Crippen LogP) is 4.58. The van der Waals surface area contributed by atoms with Gasteiger partial charge in [-0.2, -0.15) is 0 Å². The summed E-state index contributed by atoms with van der Waals surface area (Å²) in [6.07, 6.45) is 0.993. The summed E-state index contributed by atoms with van der Waals surface area (Å²) in [6, 6.07) is 8.39. The molecule has 0 amide bonds. The minimum absolute atomic E-state index is 0.131. The lowest BCUT2D eigenvalue weighted by Crippen LogP contribution is -2.24. The Bertz CT molecular complexity index is 608. The third kappa shape index (κ3) is 4.02. The van der Waals surface area contributed by atoms with Crippen LogP contribution in [-0.2, 0) is 0 Å². The Morgan fingerprint density at radius 1 is 1.19 bits per heavy atom. The molecule has 2 nitrogen and oxygen atoms in total. The van der Waals surface area contributed by atoms with Crippen molar-refractivity contribution >= 4 is 11.6 Å². The molecular weight excluding hydrogens is 287 g/mol. The van der Waals surface area contributed by atoms with Gasteiger partial charge in [-0.15, -0.1) is 0 Å². The predicted molar refractivity (Wildman–Crippen MR) is 85.3 cm³/mol. The molecule has 0 fully saturated rings. The van der Waals surface area contributed by atoms with Gasteiger partial charge in [0.2, 0.25) is 0 Å². The molecule has 1 N–H and O–H groups in total. The number of aryl methyl sites for hydroxylation is 2. The van der Waals surface area contributed by atoms with Gasteiger partial charge in [0.05, 0.1) is 6.04 Å². The average Bonchev–Trinajstić information content (AvgIpc) is 2.42. The quantitative estimate of drug-likeness (QED) is 0.874. The fraction of sp³-hybridized carbons (Fsp3) is 0.353. The lowest BCUT2D eigenvalue weighted by atomic mass is 9.97. The molecule has 0 saturated carbocycles. The fourth-order valence-electron chi connectivity index (χ4n) is 2.47. The Hall–Kier alpha value is -1.45. The maximum absolute atomic E-state index is 13.6. The second-order valence-electron chi connectivity index (χ2n) is 5.24. The van der Waals surface area contributed by atoms with Crippen molar-refractivity contribution < 1.29 is 4.39 Å². The lowest BCUT2D eigenvalue weighted by Gasteiger charge is -2.21. The van der Waals surface area contributed by atoms with Crippen LogP contribution in [0.15, 0.2) is 30.3 Å². The molecule has 1 heterocycles. The van der Waals surface area contributed by atoms with Gasteiger partial charge in [-0.25, -0.2) is 4.39 Å². The number of benzene rings is 1. The maximum Gasteiger partial charge on any atom is 0.123 e. The number of nitrogens with zero attached hydrogens (tertiary/aromatic N) is 1. The lowest BCUT2D eigenvalue weighted by molar-refractivity contribution is 0.584. The van der Waals surface area contributed by atoms with Gasteiger partial charge in [0.25, 0.3) is 0 Å². The number of hydrogen-bond acceptors (Lipinski definition) is 2. The molecule has 0 saturated heterocycles. The largest absolute Gasteiger partial charge is 0.306 e. The van der Waals surface area contributed by atoms with Gasteiger partial charge in [0.1, 0.15) is 5.82 Å². The molecule has 1 unspecified atom stereocenters. The summed E-state index contributed by atoms with van der Waals surface area (Å²) in [5, 5.41) is 4.01. The molecule has 1 aromatic carbocycles. The summed E-state index contributed by atoms with van der Waals surface area (Å²) in [5.74, 6) is -0.278. The first-order valence-corrected chi connectivity index (χ1v) is 7.52. The zero-order valence-corrected chi connectivity index (χ0v) is 13.3. The summed E-state index contributed by atoms with van der Waals surface area (Å²) < 4.78 is 13.6. The molecule has 2 aromatic rings. The van der Waals surface area contributed by atoms with E-state index in [4.69, 9.17) is 11.6 Å². The number of hydrogen-bond donors (Lipinski definition) is 1. The van der Waals surface area contributed by atoms with Gasteiger partial charge in [0.15, 0.2) is 0 Å². The maximum atomic E-state index is 13.6. The third-order valence-electron chi connectivity index (χ3n) is 3.30. The summed E-state index contributed by atoms with van der Waals surface area (Å²) in [4.78, 5) is 4.40. The van der Waals surface area contributed by atoms with E-state index in [0.717, 1.165) is 35.5 Å². The Morgan fingerprint density at radius 3 is 2.48 bits per heavy atom. The highest BCUT2D eigenvalue weighted by atomic mass is 35.5. The zero-order chi connectivity index (χ0) is 15.4. The summed E-state index contributed by atoms with van der Waals surface area (Å²) in [7, 11) is 0. The van der Waals surface area contributed by atoms with E-state index in [1.54, 1.807) is 6.07 Å². The minimum atomic E-state index is -0.278. The Kier molecular flexibility index (Phi) is 5.32. The van der Waals surface area contributed by atoms with Crippen molar-refractivity contribution in [1.82, 2.24) is 10.3 Å². The summed E-state index contributed by atoms with van der Waals surface area (Å²) >= 11 is 6.28. The second kappa shape index (κ2) is 7.01. The number of nitrogens with one attached hydrogen (secondary N) is 1. The Morgan fingerprint density at radius 2 is 1.86 bits per heavy atom. The highest BCUT2D eigenvalue weighted by molar-refractivity contribution is 6.31. The van der Waals surface area contributed by atoms with Crippen LogP contribution in [0.2, 0.25) is 5.02 Å². The fourth-order valence-corrected chi connectivity index (χ4v) is 2.69. The molecule has 1 aromatic heterocycles. The van der Waals surface area contributed by atoms with Crippen LogP contribution in [0.5, 0.6) is 0 Å². The van der Waals surface area contributed by atoms with Crippen molar-refractivity contribution in [2.45, 2.75) is 33.2 Å². The Balaban J connectivity index is 2.49. The van der Waals surface area contributed by atoms with Crippen molar-refractivity contribution in [2.75, 3.05) is 6.54 Å². The minimum Gasteiger partial charge on any atom is -0.306 e. The van der Waals surface area contributed by atoms with E-state index in [9.17, 15) is 4.39 Å². The molecular formula is C17H20ClFN2. The number of aromatic nitrogens is 1. The van der Waals surface area contributed by atoms with E-state index < -0.39 is 0 Å². The molecule has 0 bridgehead atoms. The van der Waals surface area contributed by atoms with Crippen molar-refractivity contribution in [3.05, 3.63) is 63.7 Å². The smallest absolute Gasteiger partial charge is 0.123 e. The highest BCUT2D eigenvalue weighted by Gasteiger charge is 2.18. The summed E-state index contributed by atoms with van der Waals surface area (Å²) in [5.41, 5.74) is 3.71. The van der Waals surface area contributed by atoms with Crippen LogP contribution in [0.1, 0.15) is 41.9 Å². The topological polar surface area (TPSA) is 24.9 Å². The first kappa shape index (κ1) is 15.9. The zero-order valence-electron chi connectivity index (χ0n) is 12.6. The van der Waals surface area contributed by atoms with Crippen molar-refractivity contribution in [3.8, 4) is 0 Å². The molecule has 4 heteroatoms. The van der Waals surface area contributed by atoms with Gasteiger partial charge in [0, 0.05) is 16.4 Å². The standard InChI is InChI=1S/C17H20ClFN2/c1-4-7-20-17(13-8-11(2)21-12(3)9-13)15-10-14(19)5-6-16(15)18/h5-6,8-10,17,20H,4,7H2,1-3H3. The molecule has 0 aliphatic heterocycles. The van der Waals surface area contributed by atoms with E-state index in [1.165, 1.54) is 12.1 Å². The molecule has 112 valence electrons.